The van der Waals surface area contributed by atoms with Crippen molar-refractivity contribution < 1.29 is 19.1 Å². The van der Waals surface area contributed by atoms with Gasteiger partial charge in [0, 0.05) is 0 Å². The molecule has 0 aliphatic heterocycles. The molecular formula is C30H50O4. The first-order valence-electron chi connectivity index (χ1n) is 13.2. The van der Waals surface area contributed by atoms with Crippen LogP contribution < -0.4 is 0 Å². The molecule has 0 saturated heterocycles. The molecule has 0 amide bonds. The van der Waals surface area contributed by atoms with Crippen molar-refractivity contribution in [2.75, 3.05) is 13.2 Å². The highest BCUT2D eigenvalue weighted by molar-refractivity contribution is 5.89. The SMILES string of the molecule is CC(C)COC(=O)C(CC(C)C)(CC(C)C)C(Cc1ccccc1)(C(=O)OCC(C)C)C(C)C. The third-order valence-electron chi connectivity index (χ3n) is 6.53. The van der Waals surface area contributed by atoms with Crippen LogP contribution >= 0.6 is 0 Å². The van der Waals surface area contributed by atoms with Crippen molar-refractivity contribution in [2.24, 2.45) is 40.4 Å². The van der Waals surface area contributed by atoms with E-state index in [1.165, 1.54) is 0 Å². The van der Waals surface area contributed by atoms with Crippen molar-refractivity contribution in [2.45, 2.75) is 88.5 Å². The number of carbonyl (C=O) groups excluding carboxylic acids is 2. The Morgan fingerprint density at radius 2 is 1.12 bits per heavy atom. The van der Waals surface area contributed by atoms with E-state index in [1.807, 2.05) is 58.0 Å². The summed E-state index contributed by atoms with van der Waals surface area (Å²) >= 11 is 0. The summed E-state index contributed by atoms with van der Waals surface area (Å²) < 4.78 is 12.0. The van der Waals surface area contributed by atoms with Crippen molar-refractivity contribution in [3.63, 3.8) is 0 Å². The molecule has 1 aromatic rings. The average molecular weight is 475 g/mol. The molecule has 1 atom stereocenters. The summed E-state index contributed by atoms with van der Waals surface area (Å²) in [5.41, 5.74) is -1.01. The topological polar surface area (TPSA) is 52.6 Å². The summed E-state index contributed by atoms with van der Waals surface area (Å²) in [6, 6.07) is 10.0. The van der Waals surface area contributed by atoms with Crippen LogP contribution in [0.15, 0.2) is 30.3 Å². The molecule has 34 heavy (non-hydrogen) atoms. The lowest BCUT2D eigenvalue weighted by Gasteiger charge is -2.51. The van der Waals surface area contributed by atoms with Crippen LogP contribution in [0.5, 0.6) is 0 Å². The van der Waals surface area contributed by atoms with Crippen molar-refractivity contribution in [3.05, 3.63) is 35.9 Å². The molecule has 1 aromatic carbocycles. The van der Waals surface area contributed by atoms with E-state index in [2.05, 4.69) is 41.5 Å². The van der Waals surface area contributed by atoms with E-state index in [4.69, 9.17) is 9.47 Å². The fraction of sp³-hybridized carbons (Fsp3) is 0.733. The minimum atomic E-state index is -1.05. The summed E-state index contributed by atoms with van der Waals surface area (Å²) in [7, 11) is 0. The second-order valence-electron chi connectivity index (χ2n) is 12.1. The van der Waals surface area contributed by atoms with Gasteiger partial charge in [-0.05, 0) is 54.4 Å². The number of ether oxygens (including phenoxy) is 2. The van der Waals surface area contributed by atoms with Crippen molar-refractivity contribution in [1.29, 1.82) is 0 Å². The van der Waals surface area contributed by atoms with Crippen LogP contribution in [0.4, 0.5) is 0 Å². The molecule has 0 N–H and O–H groups in total. The van der Waals surface area contributed by atoms with Crippen LogP contribution in [0.2, 0.25) is 0 Å². The predicted molar refractivity (Wildman–Crippen MR) is 140 cm³/mol. The minimum absolute atomic E-state index is 0.128. The van der Waals surface area contributed by atoms with Gasteiger partial charge in [0.05, 0.1) is 24.0 Å². The monoisotopic (exact) mass is 474 g/mol. The normalized spacial score (nSPS) is 14.2. The summed E-state index contributed by atoms with van der Waals surface area (Å²) in [5, 5.41) is 0. The smallest absolute Gasteiger partial charge is 0.313 e. The fourth-order valence-electron chi connectivity index (χ4n) is 5.29. The summed E-state index contributed by atoms with van der Waals surface area (Å²) in [6.45, 7) is 21.4. The first-order chi connectivity index (χ1) is 15.8. The van der Waals surface area contributed by atoms with E-state index < -0.39 is 10.8 Å². The lowest BCUT2D eigenvalue weighted by molar-refractivity contribution is -0.193. The van der Waals surface area contributed by atoms with Gasteiger partial charge in [-0.1, -0.05) is 99.6 Å². The number of hydrogen-bond donors (Lipinski definition) is 0. The molecule has 4 heteroatoms. The highest BCUT2D eigenvalue weighted by Gasteiger charge is 2.63. The number of esters is 2. The fourth-order valence-corrected chi connectivity index (χ4v) is 5.29. The van der Waals surface area contributed by atoms with Crippen LogP contribution in [0.3, 0.4) is 0 Å². The van der Waals surface area contributed by atoms with Gasteiger partial charge in [0.25, 0.3) is 0 Å². The van der Waals surface area contributed by atoms with E-state index in [9.17, 15) is 9.59 Å². The molecule has 0 radical (unpaired) electrons. The van der Waals surface area contributed by atoms with Crippen molar-refractivity contribution in [1.82, 2.24) is 0 Å². The molecule has 1 rings (SSSR count). The van der Waals surface area contributed by atoms with Crippen LogP contribution in [0.25, 0.3) is 0 Å². The van der Waals surface area contributed by atoms with Crippen LogP contribution in [0, 0.1) is 40.4 Å². The van der Waals surface area contributed by atoms with E-state index in [1.54, 1.807) is 0 Å². The zero-order valence-electron chi connectivity index (χ0n) is 23.4. The molecule has 0 aromatic heterocycles. The quantitative estimate of drug-likeness (QED) is 0.265. The van der Waals surface area contributed by atoms with Gasteiger partial charge in [0.2, 0.25) is 0 Å². The number of carbonyl (C=O) groups is 2. The maximum atomic E-state index is 14.2. The van der Waals surface area contributed by atoms with Gasteiger partial charge in [-0.2, -0.15) is 0 Å². The van der Waals surface area contributed by atoms with Crippen LogP contribution in [-0.4, -0.2) is 25.2 Å². The standard InChI is InChI=1S/C30H50O4/c1-21(2)16-29(17-22(3)4,27(31)33-19-23(5)6)30(25(9)10,28(32)34-20-24(7)8)18-26-14-12-11-13-15-26/h11-15,21-25H,16-20H2,1-10H3. The Hall–Kier alpha value is -1.84. The average Bonchev–Trinajstić information content (AvgIpc) is 2.73. The maximum absolute atomic E-state index is 14.2. The Morgan fingerprint density at radius 1 is 0.676 bits per heavy atom. The molecule has 194 valence electrons. The van der Waals surface area contributed by atoms with Gasteiger partial charge in [-0.3, -0.25) is 9.59 Å². The molecule has 0 spiro atoms. The Labute approximate surface area is 209 Å². The molecule has 0 bridgehead atoms. The number of hydrogen-bond acceptors (Lipinski definition) is 4. The van der Waals surface area contributed by atoms with Gasteiger partial charge in [-0.15, -0.1) is 0 Å². The first-order valence-corrected chi connectivity index (χ1v) is 13.2. The predicted octanol–water partition coefficient (Wildman–Crippen LogP) is 7.35. The zero-order valence-corrected chi connectivity index (χ0v) is 23.4. The first kappa shape index (κ1) is 30.2. The molecule has 1 unspecified atom stereocenters. The maximum Gasteiger partial charge on any atom is 0.313 e. The molecular weight excluding hydrogens is 424 g/mol. The number of rotatable bonds is 14. The second kappa shape index (κ2) is 13.3. The van der Waals surface area contributed by atoms with Crippen molar-refractivity contribution in [3.8, 4) is 0 Å². The lowest BCUT2D eigenvalue weighted by atomic mass is 9.51. The summed E-state index contributed by atoms with van der Waals surface area (Å²) in [4.78, 5) is 28.4. The second-order valence-corrected chi connectivity index (χ2v) is 12.1. The molecule has 0 fully saturated rings. The third-order valence-corrected chi connectivity index (χ3v) is 6.53. The van der Waals surface area contributed by atoms with Crippen molar-refractivity contribution >= 4 is 11.9 Å². The van der Waals surface area contributed by atoms with E-state index in [0.29, 0.717) is 32.5 Å². The van der Waals surface area contributed by atoms with Gasteiger partial charge in [0.15, 0.2) is 0 Å². The largest absolute Gasteiger partial charge is 0.465 e. The zero-order chi connectivity index (χ0) is 26.1. The molecule has 0 heterocycles. The summed E-state index contributed by atoms with van der Waals surface area (Å²) in [6.07, 6.45) is 1.59. The third kappa shape index (κ3) is 7.58. The van der Waals surface area contributed by atoms with Gasteiger partial charge in [-0.25, -0.2) is 0 Å². The Balaban J connectivity index is 3.90. The molecule has 0 aliphatic rings. The molecule has 0 saturated carbocycles. The van der Waals surface area contributed by atoms with Crippen LogP contribution in [0.1, 0.15) is 87.6 Å². The van der Waals surface area contributed by atoms with Crippen LogP contribution in [-0.2, 0) is 25.5 Å². The molecule has 0 aliphatic carbocycles. The molecule has 4 nitrogen and oxygen atoms in total. The Bertz CT molecular complexity index is 738. The summed E-state index contributed by atoms with van der Waals surface area (Å²) in [5.74, 6) is 0.182. The lowest BCUT2D eigenvalue weighted by Crippen LogP contribution is -2.59. The van der Waals surface area contributed by atoms with Gasteiger partial charge < -0.3 is 9.47 Å². The van der Waals surface area contributed by atoms with E-state index >= 15 is 0 Å². The highest BCUT2D eigenvalue weighted by Crippen LogP contribution is 2.56. The highest BCUT2D eigenvalue weighted by atomic mass is 16.5. The Morgan fingerprint density at radius 3 is 1.50 bits per heavy atom. The minimum Gasteiger partial charge on any atom is -0.465 e. The van der Waals surface area contributed by atoms with E-state index in [-0.39, 0.29) is 41.5 Å². The number of benzene rings is 1. The van der Waals surface area contributed by atoms with Gasteiger partial charge in [0.1, 0.15) is 0 Å². The van der Waals surface area contributed by atoms with Gasteiger partial charge >= 0.3 is 11.9 Å². The van der Waals surface area contributed by atoms with E-state index in [0.717, 1.165) is 5.56 Å². The Kier molecular flexibility index (Phi) is 11.8.